The Morgan fingerprint density at radius 3 is 2.26 bits per heavy atom. The third-order valence-electron chi connectivity index (χ3n) is 6.58. The monoisotopic (exact) mass is 573 g/mol. The van der Waals surface area contributed by atoms with Gasteiger partial charge in [-0.15, -0.1) is 0 Å². The number of carbonyl (C=O) groups excluding carboxylic acids is 1. The molecule has 0 radical (unpaired) electrons. The van der Waals surface area contributed by atoms with Crippen molar-refractivity contribution >= 4 is 21.7 Å². The number of amides is 1. The SMILES string of the molecule is CNc1cc(C[N+]2(S(=O)(=O)c3ccc(F)cc3)CC(F)(F)C[C@H]2C(N)=O)cc(-c2ccc(C(F)(F)F)cc2)n1. The number of rotatable bonds is 7. The number of quaternary nitrogens is 1. The summed E-state index contributed by atoms with van der Waals surface area (Å²) in [5.74, 6) is -5.43. The number of nitrogens with two attached hydrogens (primary N) is 1. The molecule has 2 aromatic carbocycles. The van der Waals surface area contributed by atoms with Crippen LogP contribution in [0.4, 0.5) is 32.2 Å². The number of nitrogens with zero attached hydrogens (tertiary/aromatic N) is 2. The molecule has 0 saturated carbocycles. The maximum absolute atomic E-state index is 14.8. The smallest absolute Gasteiger partial charge is 0.373 e. The number of likely N-dealkylation sites (tertiary alicyclic amines) is 1. The summed E-state index contributed by atoms with van der Waals surface area (Å²) in [7, 11) is -3.29. The van der Waals surface area contributed by atoms with Gasteiger partial charge in [-0.1, -0.05) is 12.1 Å². The maximum Gasteiger partial charge on any atom is 0.416 e. The predicted octanol–water partition coefficient (Wildman–Crippen LogP) is 4.55. The number of hydrogen-bond acceptors (Lipinski definition) is 5. The van der Waals surface area contributed by atoms with E-state index in [0.717, 1.165) is 36.4 Å². The molecule has 1 aromatic heterocycles. The van der Waals surface area contributed by atoms with E-state index < -0.39 is 73.7 Å². The number of primary amides is 1. The lowest BCUT2D eigenvalue weighted by Crippen LogP contribution is -2.59. The zero-order valence-corrected chi connectivity index (χ0v) is 21.2. The molecule has 1 aliphatic rings. The summed E-state index contributed by atoms with van der Waals surface area (Å²) in [5.41, 5.74) is 5.06. The molecule has 1 amide bonds. The number of pyridine rings is 1. The molecule has 0 bridgehead atoms. The highest BCUT2D eigenvalue weighted by molar-refractivity contribution is 7.86. The molecule has 14 heteroatoms. The second kappa shape index (κ2) is 9.83. The fraction of sp³-hybridized carbons (Fsp3) is 0.280. The summed E-state index contributed by atoms with van der Waals surface area (Å²) in [5, 5.41) is 2.75. The van der Waals surface area contributed by atoms with Crippen LogP contribution in [-0.4, -0.2) is 48.8 Å². The molecule has 2 heterocycles. The molecular weight excluding hydrogens is 550 g/mol. The van der Waals surface area contributed by atoms with Crippen molar-refractivity contribution < 1.29 is 43.4 Å². The maximum atomic E-state index is 14.8. The van der Waals surface area contributed by atoms with Crippen molar-refractivity contribution in [3.63, 3.8) is 0 Å². The van der Waals surface area contributed by atoms with Crippen LogP contribution in [0.2, 0.25) is 0 Å². The fourth-order valence-electron chi connectivity index (χ4n) is 4.76. The Balaban J connectivity index is 1.87. The van der Waals surface area contributed by atoms with Crippen LogP contribution in [0.1, 0.15) is 17.5 Å². The standard InChI is InChI=1S/C25H22F6N4O3S/c1-33-22-11-15(10-20(34-22)16-2-4-17(5-3-16)25(29,30)31)13-35(14-24(27,28)12-21(35)23(32)36)39(37,38)19-8-6-18(26)7-9-19/h2-11,21H,12-14H2,1H3,(H2-,32,33,34,36)/p+1/t21-,35?/m0/s1. The number of aromatic nitrogens is 1. The second-order valence-corrected chi connectivity index (χ2v) is 11.4. The van der Waals surface area contributed by atoms with Crippen LogP contribution in [0.5, 0.6) is 0 Å². The lowest BCUT2D eigenvalue weighted by molar-refractivity contribution is -0.827. The summed E-state index contributed by atoms with van der Waals surface area (Å²) in [6.45, 7) is -1.94. The lowest BCUT2D eigenvalue weighted by Gasteiger charge is -2.36. The first-order valence-electron chi connectivity index (χ1n) is 11.5. The summed E-state index contributed by atoms with van der Waals surface area (Å²) in [6, 6.07) is 8.44. The van der Waals surface area contributed by atoms with Crippen LogP contribution >= 0.6 is 0 Å². The largest absolute Gasteiger partial charge is 0.416 e. The molecule has 0 spiro atoms. The lowest BCUT2D eigenvalue weighted by atomic mass is 10.1. The van der Waals surface area contributed by atoms with E-state index in [4.69, 9.17) is 5.73 Å². The molecule has 2 atom stereocenters. The van der Waals surface area contributed by atoms with Crippen molar-refractivity contribution in [2.24, 2.45) is 5.73 Å². The van der Waals surface area contributed by atoms with Gasteiger partial charge >= 0.3 is 22.1 Å². The van der Waals surface area contributed by atoms with Crippen LogP contribution in [0.3, 0.4) is 0 Å². The van der Waals surface area contributed by atoms with Crippen molar-refractivity contribution in [3.05, 3.63) is 77.6 Å². The molecule has 3 N–H and O–H groups in total. The van der Waals surface area contributed by atoms with Crippen molar-refractivity contribution in [1.82, 2.24) is 4.98 Å². The van der Waals surface area contributed by atoms with E-state index in [0.29, 0.717) is 0 Å². The topological polar surface area (TPSA) is 102 Å². The third-order valence-corrected chi connectivity index (χ3v) is 8.92. The van der Waals surface area contributed by atoms with Crippen molar-refractivity contribution in [3.8, 4) is 11.3 Å². The van der Waals surface area contributed by atoms with E-state index in [2.05, 4.69) is 10.3 Å². The summed E-state index contributed by atoms with van der Waals surface area (Å²) >= 11 is 0. The number of hydrogen-bond donors (Lipinski definition) is 2. The van der Waals surface area contributed by atoms with Crippen LogP contribution in [0.15, 0.2) is 65.6 Å². The van der Waals surface area contributed by atoms with E-state index in [1.165, 1.54) is 31.3 Å². The Hall–Kier alpha value is -3.65. The number of sulfonamides is 1. The molecule has 1 fully saturated rings. The molecule has 1 saturated heterocycles. The Labute approximate surface area is 219 Å². The normalized spacial score (nSPS) is 21.1. The number of halogens is 6. The molecule has 3 aromatic rings. The quantitative estimate of drug-likeness (QED) is 0.319. The Morgan fingerprint density at radius 2 is 1.72 bits per heavy atom. The zero-order valence-electron chi connectivity index (χ0n) is 20.3. The molecular formula is C25H23F6N4O3S+. The highest BCUT2D eigenvalue weighted by atomic mass is 32.2. The highest BCUT2D eigenvalue weighted by Crippen LogP contribution is 2.45. The van der Waals surface area contributed by atoms with Gasteiger partial charge in [0.25, 0.3) is 5.91 Å². The Bertz CT molecular complexity index is 1500. The molecule has 7 nitrogen and oxygen atoms in total. The van der Waals surface area contributed by atoms with Gasteiger partial charge in [-0.2, -0.15) is 25.5 Å². The van der Waals surface area contributed by atoms with Gasteiger partial charge < -0.3 is 11.1 Å². The number of carbonyl (C=O) groups is 1. The van der Waals surface area contributed by atoms with Gasteiger partial charge in [0.2, 0.25) is 0 Å². The second-order valence-electron chi connectivity index (χ2n) is 9.25. The number of nitrogens with one attached hydrogen (secondary N) is 1. The third kappa shape index (κ3) is 5.43. The summed E-state index contributed by atoms with van der Waals surface area (Å²) in [6.07, 6.45) is -5.70. The van der Waals surface area contributed by atoms with E-state index in [1.54, 1.807) is 0 Å². The van der Waals surface area contributed by atoms with Gasteiger partial charge in [-0.05, 0) is 48.5 Å². The molecule has 0 aliphatic carbocycles. The molecule has 1 aliphatic heterocycles. The number of anilines is 1. The van der Waals surface area contributed by atoms with Gasteiger partial charge in [0, 0.05) is 18.2 Å². The zero-order chi connectivity index (χ0) is 28.8. The minimum atomic E-state index is -4.78. The fourth-order valence-corrected chi connectivity index (χ4v) is 6.85. The first-order chi connectivity index (χ1) is 18.1. The number of alkyl halides is 5. The average Bonchev–Trinajstić information content (AvgIpc) is 3.15. The highest BCUT2D eigenvalue weighted by Gasteiger charge is 2.65. The minimum Gasteiger partial charge on any atom is -0.373 e. The summed E-state index contributed by atoms with van der Waals surface area (Å²) < 4.78 is 109. The molecule has 4 rings (SSSR count). The predicted molar refractivity (Wildman–Crippen MR) is 129 cm³/mol. The van der Waals surface area contributed by atoms with Gasteiger partial charge in [0.15, 0.2) is 12.6 Å². The van der Waals surface area contributed by atoms with Gasteiger partial charge in [0.1, 0.15) is 23.1 Å². The van der Waals surface area contributed by atoms with Crippen molar-refractivity contribution in [2.45, 2.75) is 36.0 Å². The van der Waals surface area contributed by atoms with E-state index >= 15 is 0 Å². The minimum absolute atomic E-state index is 0.129. The van der Waals surface area contributed by atoms with Crippen LogP contribution in [0, 0.1) is 5.82 Å². The molecule has 39 heavy (non-hydrogen) atoms. The van der Waals surface area contributed by atoms with E-state index in [-0.39, 0.29) is 22.6 Å². The molecule has 208 valence electrons. The van der Waals surface area contributed by atoms with Crippen molar-refractivity contribution in [2.75, 3.05) is 18.9 Å². The number of benzene rings is 2. The van der Waals surface area contributed by atoms with E-state index in [1.807, 2.05) is 0 Å². The van der Waals surface area contributed by atoms with E-state index in [9.17, 15) is 39.6 Å². The average molecular weight is 574 g/mol. The van der Waals surface area contributed by atoms with Crippen LogP contribution in [0.25, 0.3) is 11.3 Å². The first kappa shape index (κ1) is 28.4. The van der Waals surface area contributed by atoms with Crippen LogP contribution < -0.4 is 11.1 Å². The van der Waals surface area contributed by atoms with Crippen LogP contribution in [-0.2, 0) is 27.5 Å². The van der Waals surface area contributed by atoms with Gasteiger partial charge in [-0.3, -0.25) is 4.79 Å². The first-order valence-corrected chi connectivity index (χ1v) is 12.9. The van der Waals surface area contributed by atoms with Crippen molar-refractivity contribution in [1.29, 1.82) is 0 Å². The van der Waals surface area contributed by atoms with Gasteiger partial charge in [-0.25, -0.2) is 18.2 Å². The molecule has 1 unspecified atom stereocenters. The Kier molecular flexibility index (Phi) is 7.15. The summed E-state index contributed by atoms with van der Waals surface area (Å²) in [4.78, 5) is 16.2. The Morgan fingerprint density at radius 1 is 1.10 bits per heavy atom. The van der Waals surface area contributed by atoms with Gasteiger partial charge in [0.05, 0.1) is 17.7 Å².